The highest BCUT2D eigenvalue weighted by Crippen LogP contribution is 2.40. The number of hydrogen-bond acceptors (Lipinski definition) is 2. The van der Waals surface area contributed by atoms with Crippen molar-refractivity contribution in [2.45, 2.75) is 13.3 Å². The Bertz CT molecular complexity index is 624. The van der Waals surface area contributed by atoms with Crippen LogP contribution < -0.4 is 4.74 Å². The van der Waals surface area contributed by atoms with Gasteiger partial charge in [0.05, 0.1) is 11.8 Å². The number of aryl methyl sites for hydroxylation is 1. The summed E-state index contributed by atoms with van der Waals surface area (Å²) in [7, 11) is 1.74. The molecule has 86 valence electrons. The molecule has 0 amide bonds. The van der Waals surface area contributed by atoms with Gasteiger partial charge in [-0.2, -0.15) is 0 Å². The first-order chi connectivity index (χ1) is 8.35. The number of benzene rings is 2. The second-order valence-corrected chi connectivity index (χ2v) is 5.11. The number of rotatable bonds is 2. The highest BCUT2D eigenvalue weighted by atomic mass is 32.1. The van der Waals surface area contributed by atoms with Crippen molar-refractivity contribution in [3.05, 3.63) is 42.0 Å². The molecule has 1 aromatic heterocycles. The predicted octanol–water partition coefficient (Wildman–Crippen LogP) is 4.63. The van der Waals surface area contributed by atoms with Crippen molar-refractivity contribution in [2.24, 2.45) is 0 Å². The Labute approximate surface area is 105 Å². The first-order valence-electron chi connectivity index (χ1n) is 5.82. The molecule has 17 heavy (non-hydrogen) atoms. The molecule has 1 heterocycles. The summed E-state index contributed by atoms with van der Waals surface area (Å²) in [5.74, 6) is 0.978. The summed E-state index contributed by atoms with van der Waals surface area (Å²) in [6.07, 6.45) is 1.08. The van der Waals surface area contributed by atoms with Gasteiger partial charge in [-0.1, -0.05) is 37.3 Å². The normalized spacial score (nSPS) is 11.2. The minimum absolute atomic E-state index is 0.978. The number of ether oxygens (including phenoxy) is 1. The van der Waals surface area contributed by atoms with Gasteiger partial charge in [-0.05, 0) is 18.1 Å². The molecule has 0 bridgehead atoms. The Hall–Kier alpha value is -1.54. The molecule has 3 rings (SSSR count). The minimum atomic E-state index is 0.978. The number of hydrogen-bond donors (Lipinski definition) is 0. The third-order valence-corrected chi connectivity index (χ3v) is 4.48. The summed E-state index contributed by atoms with van der Waals surface area (Å²) < 4.78 is 8.09. The Morgan fingerprint density at radius 3 is 2.41 bits per heavy atom. The fraction of sp³-hybridized carbons (Fsp3) is 0.200. The third-order valence-electron chi connectivity index (χ3n) is 3.17. The van der Waals surface area contributed by atoms with Crippen molar-refractivity contribution in [3.8, 4) is 5.75 Å². The SMILES string of the molecule is CCc1cccc2c1sc1c(OC)cccc12. The zero-order chi connectivity index (χ0) is 11.8. The second kappa shape index (κ2) is 4.04. The van der Waals surface area contributed by atoms with Crippen molar-refractivity contribution in [1.29, 1.82) is 0 Å². The maximum absolute atomic E-state index is 5.44. The quantitative estimate of drug-likeness (QED) is 0.637. The molecule has 0 saturated carbocycles. The number of thiophene rings is 1. The number of methoxy groups -OCH3 is 1. The lowest BCUT2D eigenvalue weighted by Gasteiger charge is -1.99. The fourth-order valence-corrected chi connectivity index (χ4v) is 3.67. The average molecular weight is 242 g/mol. The standard InChI is InChI=1S/C15H14OS/c1-3-10-6-4-7-11-12-8-5-9-13(16-2)15(12)17-14(10)11/h4-9H,3H2,1-2H3. The Balaban J connectivity index is 2.49. The monoisotopic (exact) mass is 242 g/mol. The van der Waals surface area contributed by atoms with E-state index in [0.717, 1.165) is 12.2 Å². The smallest absolute Gasteiger partial charge is 0.136 e. The molecule has 0 aliphatic heterocycles. The van der Waals surface area contributed by atoms with Gasteiger partial charge in [0, 0.05) is 15.5 Å². The molecule has 3 aromatic rings. The van der Waals surface area contributed by atoms with E-state index in [1.807, 2.05) is 17.4 Å². The molecule has 0 radical (unpaired) electrons. The molecule has 0 fully saturated rings. The van der Waals surface area contributed by atoms with E-state index in [1.165, 1.54) is 25.7 Å². The van der Waals surface area contributed by atoms with Crippen LogP contribution in [-0.2, 0) is 6.42 Å². The molecule has 2 aromatic carbocycles. The van der Waals surface area contributed by atoms with Crippen molar-refractivity contribution in [2.75, 3.05) is 7.11 Å². The molecular weight excluding hydrogens is 228 g/mol. The van der Waals surface area contributed by atoms with E-state index in [9.17, 15) is 0 Å². The summed E-state index contributed by atoms with van der Waals surface area (Å²) in [5.41, 5.74) is 1.42. The van der Waals surface area contributed by atoms with Crippen molar-refractivity contribution in [1.82, 2.24) is 0 Å². The lowest BCUT2D eigenvalue weighted by Crippen LogP contribution is -1.80. The van der Waals surface area contributed by atoms with Crippen LogP contribution >= 0.6 is 11.3 Å². The van der Waals surface area contributed by atoms with Gasteiger partial charge in [0.1, 0.15) is 5.75 Å². The second-order valence-electron chi connectivity index (χ2n) is 4.09. The van der Waals surface area contributed by atoms with Crippen LogP contribution in [0.4, 0.5) is 0 Å². The molecular formula is C15H14OS. The molecule has 1 nitrogen and oxygen atoms in total. The summed E-state index contributed by atoms with van der Waals surface area (Å²) >= 11 is 1.84. The maximum atomic E-state index is 5.44. The molecule has 0 N–H and O–H groups in total. The third kappa shape index (κ3) is 1.52. The minimum Gasteiger partial charge on any atom is -0.495 e. The lowest BCUT2D eigenvalue weighted by molar-refractivity contribution is 0.420. The molecule has 0 aliphatic carbocycles. The van der Waals surface area contributed by atoms with E-state index in [1.54, 1.807) is 7.11 Å². The van der Waals surface area contributed by atoms with Crippen LogP contribution in [0.2, 0.25) is 0 Å². The van der Waals surface area contributed by atoms with Gasteiger partial charge < -0.3 is 4.74 Å². The van der Waals surface area contributed by atoms with Gasteiger partial charge in [0.2, 0.25) is 0 Å². The van der Waals surface area contributed by atoms with Crippen LogP contribution in [0.3, 0.4) is 0 Å². The van der Waals surface area contributed by atoms with Crippen LogP contribution in [0.15, 0.2) is 36.4 Å². The van der Waals surface area contributed by atoms with Gasteiger partial charge in [0.25, 0.3) is 0 Å². The average Bonchev–Trinajstić information content (AvgIpc) is 2.77. The van der Waals surface area contributed by atoms with Crippen molar-refractivity contribution < 1.29 is 4.74 Å². The first-order valence-corrected chi connectivity index (χ1v) is 6.64. The van der Waals surface area contributed by atoms with Gasteiger partial charge in [-0.3, -0.25) is 0 Å². The van der Waals surface area contributed by atoms with Crippen LogP contribution in [0, 0.1) is 0 Å². The van der Waals surface area contributed by atoms with Crippen molar-refractivity contribution in [3.63, 3.8) is 0 Å². The van der Waals surface area contributed by atoms with Crippen molar-refractivity contribution >= 4 is 31.5 Å². The van der Waals surface area contributed by atoms with Gasteiger partial charge >= 0.3 is 0 Å². The Morgan fingerprint density at radius 2 is 1.71 bits per heavy atom. The van der Waals surface area contributed by atoms with E-state index in [0.29, 0.717) is 0 Å². The first kappa shape index (κ1) is 10.6. The molecule has 0 saturated heterocycles. The summed E-state index contributed by atoms with van der Waals surface area (Å²) in [6, 6.07) is 12.8. The zero-order valence-electron chi connectivity index (χ0n) is 9.99. The largest absolute Gasteiger partial charge is 0.495 e. The Kier molecular flexibility index (Phi) is 2.52. The maximum Gasteiger partial charge on any atom is 0.136 e. The molecule has 0 unspecified atom stereocenters. The Morgan fingerprint density at radius 1 is 1.00 bits per heavy atom. The molecule has 0 aliphatic rings. The summed E-state index contributed by atoms with van der Waals surface area (Å²) in [6.45, 7) is 2.20. The van der Waals surface area contributed by atoms with Crippen LogP contribution in [0.1, 0.15) is 12.5 Å². The van der Waals surface area contributed by atoms with E-state index in [4.69, 9.17) is 4.74 Å². The topological polar surface area (TPSA) is 9.23 Å². The van der Waals surface area contributed by atoms with Crippen LogP contribution in [0.25, 0.3) is 20.2 Å². The zero-order valence-corrected chi connectivity index (χ0v) is 10.8. The van der Waals surface area contributed by atoms with Crippen LogP contribution in [-0.4, -0.2) is 7.11 Å². The van der Waals surface area contributed by atoms with Crippen LogP contribution in [0.5, 0.6) is 5.75 Å². The molecule has 0 atom stereocenters. The molecule has 2 heteroatoms. The van der Waals surface area contributed by atoms with Gasteiger partial charge in [-0.15, -0.1) is 11.3 Å². The highest BCUT2D eigenvalue weighted by Gasteiger charge is 2.10. The van der Waals surface area contributed by atoms with E-state index in [2.05, 4.69) is 37.3 Å². The predicted molar refractivity (Wildman–Crippen MR) is 75.3 cm³/mol. The highest BCUT2D eigenvalue weighted by molar-refractivity contribution is 7.26. The van der Waals surface area contributed by atoms with E-state index >= 15 is 0 Å². The van der Waals surface area contributed by atoms with E-state index < -0.39 is 0 Å². The van der Waals surface area contributed by atoms with E-state index in [-0.39, 0.29) is 0 Å². The van der Waals surface area contributed by atoms with Gasteiger partial charge in [-0.25, -0.2) is 0 Å². The molecule has 0 spiro atoms. The van der Waals surface area contributed by atoms with Gasteiger partial charge in [0.15, 0.2) is 0 Å². The number of fused-ring (bicyclic) bond motifs is 3. The summed E-state index contributed by atoms with van der Waals surface area (Å²) in [4.78, 5) is 0. The lowest BCUT2D eigenvalue weighted by atomic mass is 10.1. The summed E-state index contributed by atoms with van der Waals surface area (Å²) in [5, 5.41) is 2.66. The fourth-order valence-electron chi connectivity index (χ4n) is 2.29.